The molecule has 0 heterocycles. The van der Waals surface area contributed by atoms with Gasteiger partial charge in [-0.05, 0) is 44.5 Å². The molecular formula is C15H23NO. The van der Waals surface area contributed by atoms with Crippen LogP contribution in [0.1, 0.15) is 38.8 Å². The number of rotatable bonds is 7. The highest BCUT2D eigenvalue weighted by molar-refractivity contribution is 5.31. The highest BCUT2D eigenvalue weighted by atomic mass is 16.5. The van der Waals surface area contributed by atoms with Gasteiger partial charge < -0.3 is 10.1 Å². The van der Waals surface area contributed by atoms with Gasteiger partial charge in [0.25, 0.3) is 0 Å². The predicted molar refractivity (Wildman–Crippen MR) is 73.4 cm³/mol. The Morgan fingerprint density at radius 1 is 1.41 bits per heavy atom. The smallest absolute Gasteiger partial charge is 0.120 e. The lowest BCUT2D eigenvalue weighted by atomic mass is 10.0. The van der Waals surface area contributed by atoms with Gasteiger partial charge in [-0.1, -0.05) is 25.1 Å². The van der Waals surface area contributed by atoms with Crippen LogP contribution in [-0.4, -0.2) is 12.6 Å². The molecule has 0 fully saturated rings. The summed E-state index contributed by atoms with van der Waals surface area (Å²) in [6, 6.07) is 8.61. The summed E-state index contributed by atoms with van der Waals surface area (Å²) in [6.07, 6.45) is 3.09. The Kier molecular flexibility index (Phi) is 5.78. The highest BCUT2D eigenvalue weighted by Crippen LogP contribution is 2.22. The summed E-state index contributed by atoms with van der Waals surface area (Å²) in [7, 11) is 0. The third kappa shape index (κ3) is 4.61. The fraction of sp³-hybridized carbons (Fsp3) is 0.467. The van der Waals surface area contributed by atoms with Crippen LogP contribution < -0.4 is 10.1 Å². The van der Waals surface area contributed by atoms with Crippen LogP contribution in [0.3, 0.4) is 0 Å². The Morgan fingerprint density at radius 2 is 2.18 bits per heavy atom. The summed E-state index contributed by atoms with van der Waals surface area (Å²) in [6.45, 7) is 11.0. The molecular weight excluding hydrogens is 210 g/mol. The van der Waals surface area contributed by atoms with Gasteiger partial charge in [0.15, 0.2) is 0 Å². The predicted octanol–water partition coefficient (Wildman–Crippen LogP) is 3.70. The van der Waals surface area contributed by atoms with E-state index in [1.807, 2.05) is 32.1 Å². The number of nitrogens with one attached hydrogen (secondary N) is 1. The number of benzene rings is 1. The van der Waals surface area contributed by atoms with Crippen molar-refractivity contribution in [1.29, 1.82) is 0 Å². The zero-order valence-electron chi connectivity index (χ0n) is 11.1. The van der Waals surface area contributed by atoms with Crippen molar-refractivity contribution in [2.45, 2.75) is 39.3 Å². The van der Waals surface area contributed by atoms with Gasteiger partial charge in [0.2, 0.25) is 0 Å². The summed E-state index contributed by atoms with van der Waals surface area (Å²) < 4.78 is 5.71. The van der Waals surface area contributed by atoms with Gasteiger partial charge in [-0.15, -0.1) is 6.58 Å². The fourth-order valence-corrected chi connectivity index (χ4v) is 1.83. The minimum absolute atomic E-state index is 0.210. The lowest BCUT2D eigenvalue weighted by Crippen LogP contribution is -2.20. The quantitative estimate of drug-likeness (QED) is 0.725. The molecule has 0 saturated heterocycles. The van der Waals surface area contributed by atoms with Gasteiger partial charge in [0.05, 0.1) is 6.10 Å². The van der Waals surface area contributed by atoms with E-state index < -0.39 is 0 Å². The molecule has 0 bridgehead atoms. The van der Waals surface area contributed by atoms with E-state index in [1.165, 1.54) is 5.56 Å². The standard InChI is InChI=1S/C15H23NO/c1-5-8-15(16-6-2)13-9-7-10-14(11-13)17-12(3)4/h5,7,9-12,15-16H,1,6,8H2,2-4H3. The van der Waals surface area contributed by atoms with Gasteiger partial charge in [0, 0.05) is 6.04 Å². The second-order valence-corrected chi connectivity index (χ2v) is 4.37. The van der Waals surface area contributed by atoms with Crippen molar-refractivity contribution in [3.63, 3.8) is 0 Å². The molecule has 0 saturated carbocycles. The van der Waals surface area contributed by atoms with Gasteiger partial charge in [-0.25, -0.2) is 0 Å². The van der Waals surface area contributed by atoms with Crippen LogP contribution in [0, 0.1) is 0 Å². The van der Waals surface area contributed by atoms with Gasteiger partial charge in [-0.2, -0.15) is 0 Å². The Hall–Kier alpha value is -1.28. The molecule has 1 aromatic rings. The number of ether oxygens (including phenoxy) is 1. The van der Waals surface area contributed by atoms with Crippen molar-refractivity contribution in [1.82, 2.24) is 5.32 Å². The SMILES string of the molecule is C=CCC(NCC)c1cccc(OC(C)C)c1. The first-order valence-corrected chi connectivity index (χ1v) is 6.28. The Bertz CT molecular complexity index is 347. The second kappa shape index (κ2) is 7.13. The van der Waals surface area contributed by atoms with Crippen LogP contribution in [-0.2, 0) is 0 Å². The van der Waals surface area contributed by atoms with E-state index >= 15 is 0 Å². The fourth-order valence-electron chi connectivity index (χ4n) is 1.83. The van der Waals surface area contributed by atoms with Crippen LogP contribution in [0.15, 0.2) is 36.9 Å². The van der Waals surface area contributed by atoms with Crippen molar-refractivity contribution >= 4 is 0 Å². The van der Waals surface area contributed by atoms with Crippen LogP contribution in [0.4, 0.5) is 0 Å². The van der Waals surface area contributed by atoms with Crippen molar-refractivity contribution in [3.05, 3.63) is 42.5 Å². The average Bonchev–Trinajstić information content (AvgIpc) is 2.28. The highest BCUT2D eigenvalue weighted by Gasteiger charge is 2.09. The average molecular weight is 233 g/mol. The third-order valence-corrected chi connectivity index (χ3v) is 2.49. The molecule has 0 radical (unpaired) electrons. The molecule has 1 unspecified atom stereocenters. The van der Waals surface area contributed by atoms with Gasteiger partial charge in [0.1, 0.15) is 5.75 Å². The molecule has 17 heavy (non-hydrogen) atoms. The Morgan fingerprint density at radius 3 is 2.76 bits per heavy atom. The molecule has 2 nitrogen and oxygen atoms in total. The summed E-state index contributed by atoms with van der Waals surface area (Å²) in [4.78, 5) is 0. The van der Waals surface area contributed by atoms with E-state index in [1.54, 1.807) is 0 Å². The third-order valence-electron chi connectivity index (χ3n) is 2.49. The zero-order valence-corrected chi connectivity index (χ0v) is 11.1. The van der Waals surface area contributed by atoms with Crippen LogP contribution in [0.25, 0.3) is 0 Å². The van der Waals surface area contributed by atoms with Crippen molar-refractivity contribution in [2.75, 3.05) is 6.54 Å². The Labute approximate surface area is 105 Å². The summed E-state index contributed by atoms with van der Waals surface area (Å²) in [5, 5.41) is 3.45. The first-order valence-electron chi connectivity index (χ1n) is 6.28. The van der Waals surface area contributed by atoms with Crippen molar-refractivity contribution < 1.29 is 4.74 Å². The monoisotopic (exact) mass is 233 g/mol. The zero-order chi connectivity index (χ0) is 12.7. The van der Waals surface area contributed by atoms with E-state index in [0.717, 1.165) is 18.7 Å². The molecule has 0 aliphatic carbocycles. The van der Waals surface area contributed by atoms with E-state index in [0.29, 0.717) is 6.04 Å². The lowest BCUT2D eigenvalue weighted by molar-refractivity contribution is 0.242. The molecule has 1 N–H and O–H groups in total. The maximum absolute atomic E-state index is 5.71. The van der Waals surface area contributed by atoms with E-state index in [-0.39, 0.29) is 6.10 Å². The van der Waals surface area contributed by atoms with Crippen LogP contribution in [0.5, 0.6) is 5.75 Å². The molecule has 0 aliphatic heterocycles. The topological polar surface area (TPSA) is 21.3 Å². The molecule has 0 aliphatic rings. The molecule has 2 heteroatoms. The van der Waals surface area contributed by atoms with Gasteiger partial charge in [-0.3, -0.25) is 0 Å². The minimum Gasteiger partial charge on any atom is -0.491 e. The van der Waals surface area contributed by atoms with E-state index in [9.17, 15) is 0 Å². The second-order valence-electron chi connectivity index (χ2n) is 4.37. The summed E-state index contributed by atoms with van der Waals surface area (Å²) in [5.41, 5.74) is 1.25. The van der Waals surface area contributed by atoms with E-state index in [4.69, 9.17) is 4.74 Å². The molecule has 1 atom stereocenters. The molecule has 0 spiro atoms. The van der Waals surface area contributed by atoms with E-state index in [2.05, 4.69) is 31.0 Å². The summed E-state index contributed by atoms with van der Waals surface area (Å²) >= 11 is 0. The minimum atomic E-state index is 0.210. The maximum Gasteiger partial charge on any atom is 0.120 e. The number of hydrogen-bond acceptors (Lipinski definition) is 2. The molecule has 1 aromatic carbocycles. The van der Waals surface area contributed by atoms with Crippen LogP contribution in [0.2, 0.25) is 0 Å². The largest absolute Gasteiger partial charge is 0.491 e. The van der Waals surface area contributed by atoms with Crippen LogP contribution >= 0.6 is 0 Å². The molecule has 0 amide bonds. The first-order chi connectivity index (χ1) is 8.17. The van der Waals surface area contributed by atoms with Crippen molar-refractivity contribution in [2.24, 2.45) is 0 Å². The Balaban J connectivity index is 2.83. The summed E-state index contributed by atoms with van der Waals surface area (Å²) in [5.74, 6) is 0.935. The maximum atomic E-state index is 5.71. The van der Waals surface area contributed by atoms with Gasteiger partial charge >= 0.3 is 0 Å². The molecule has 94 valence electrons. The number of hydrogen-bond donors (Lipinski definition) is 1. The first kappa shape index (κ1) is 13.8. The lowest BCUT2D eigenvalue weighted by Gasteiger charge is -2.18. The molecule has 1 rings (SSSR count). The molecule has 0 aromatic heterocycles. The normalized spacial score (nSPS) is 12.5. The van der Waals surface area contributed by atoms with Crippen molar-refractivity contribution in [3.8, 4) is 5.75 Å².